The van der Waals surface area contributed by atoms with Gasteiger partial charge in [0.2, 0.25) is 5.91 Å². The van der Waals surface area contributed by atoms with Crippen molar-refractivity contribution < 1.29 is 14.4 Å². The summed E-state index contributed by atoms with van der Waals surface area (Å²) >= 11 is 0. The van der Waals surface area contributed by atoms with Gasteiger partial charge < -0.3 is 5.32 Å². The van der Waals surface area contributed by atoms with Gasteiger partial charge in [-0.15, -0.1) is 0 Å². The fourth-order valence-corrected chi connectivity index (χ4v) is 3.19. The van der Waals surface area contributed by atoms with Crippen molar-refractivity contribution in [2.75, 3.05) is 6.54 Å². The van der Waals surface area contributed by atoms with Crippen LogP contribution in [0.25, 0.3) is 0 Å². The minimum atomic E-state index is -0.298. The largest absolute Gasteiger partial charge is 0.353 e. The highest BCUT2D eigenvalue weighted by Gasteiger charge is 2.35. The fraction of sp³-hybridized carbons (Fsp3) is 0.471. The van der Waals surface area contributed by atoms with Gasteiger partial charge in [-0.25, -0.2) is 0 Å². The summed E-state index contributed by atoms with van der Waals surface area (Å²) in [6, 6.07) is 5.50. The maximum absolute atomic E-state index is 12.3. The van der Waals surface area contributed by atoms with Gasteiger partial charge in [0.25, 0.3) is 11.8 Å². The highest BCUT2D eigenvalue weighted by atomic mass is 16.2. The van der Waals surface area contributed by atoms with Crippen molar-refractivity contribution in [1.82, 2.24) is 10.2 Å². The number of amides is 3. The lowest BCUT2D eigenvalue weighted by molar-refractivity contribution is -0.121. The van der Waals surface area contributed by atoms with Gasteiger partial charge in [0.05, 0.1) is 11.1 Å². The van der Waals surface area contributed by atoms with Crippen LogP contribution in [0.4, 0.5) is 0 Å². The van der Waals surface area contributed by atoms with Gasteiger partial charge in [0, 0.05) is 19.0 Å². The van der Waals surface area contributed by atoms with Gasteiger partial charge in [-0.05, 0) is 31.9 Å². The number of aryl methyl sites for hydroxylation is 1. The summed E-state index contributed by atoms with van der Waals surface area (Å²) in [5.74, 6) is -0.675. The summed E-state index contributed by atoms with van der Waals surface area (Å²) < 4.78 is 0. The van der Waals surface area contributed by atoms with Crippen LogP contribution in [0.15, 0.2) is 18.2 Å². The molecule has 1 aromatic carbocycles. The Morgan fingerprint density at radius 1 is 1.18 bits per heavy atom. The van der Waals surface area contributed by atoms with Crippen LogP contribution in [0.2, 0.25) is 0 Å². The van der Waals surface area contributed by atoms with Gasteiger partial charge in [0.15, 0.2) is 0 Å². The summed E-state index contributed by atoms with van der Waals surface area (Å²) in [4.78, 5) is 37.7. The van der Waals surface area contributed by atoms with Crippen molar-refractivity contribution in [2.24, 2.45) is 0 Å². The average Bonchev–Trinajstić information content (AvgIpc) is 3.06. The van der Waals surface area contributed by atoms with E-state index in [1.807, 2.05) is 13.0 Å². The zero-order chi connectivity index (χ0) is 15.7. The molecule has 0 spiro atoms. The molecule has 2 aliphatic rings. The van der Waals surface area contributed by atoms with E-state index in [-0.39, 0.29) is 36.7 Å². The lowest BCUT2D eigenvalue weighted by Gasteiger charge is -2.15. The van der Waals surface area contributed by atoms with Crippen LogP contribution in [0, 0.1) is 6.92 Å². The third kappa shape index (κ3) is 2.75. The maximum atomic E-state index is 12.3. The molecule has 3 rings (SSSR count). The number of hydrogen-bond acceptors (Lipinski definition) is 3. The number of carbonyl (C=O) groups excluding carboxylic acids is 3. The Morgan fingerprint density at radius 3 is 2.59 bits per heavy atom. The van der Waals surface area contributed by atoms with Crippen LogP contribution in [-0.4, -0.2) is 35.2 Å². The molecule has 0 atom stereocenters. The first-order chi connectivity index (χ1) is 10.6. The zero-order valence-corrected chi connectivity index (χ0v) is 12.7. The van der Waals surface area contributed by atoms with E-state index < -0.39 is 0 Å². The molecule has 0 unspecified atom stereocenters. The van der Waals surface area contributed by atoms with E-state index >= 15 is 0 Å². The molecule has 5 heteroatoms. The second-order valence-corrected chi connectivity index (χ2v) is 6.11. The predicted octanol–water partition coefficient (Wildman–Crippen LogP) is 2.04. The molecular weight excluding hydrogens is 280 g/mol. The molecule has 1 N–H and O–H groups in total. The number of rotatable bonds is 4. The fourth-order valence-electron chi connectivity index (χ4n) is 3.19. The van der Waals surface area contributed by atoms with Crippen LogP contribution in [0.3, 0.4) is 0 Å². The number of hydrogen-bond donors (Lipinski definition) is 1. The summed E-state index contributed by atoms with van der Waals surface area (Å²) in [6.45, 7) is 2.03. The van der Waals surface area contributed by atoms with Gasteiger partial charge in [-0.2, -0.15) is 0 Å². The molecule has 1 aliphatic carbocycles. The Hall–Kier alpha value is -2.17. The summed E-state index contributed by atoms with van der Waals surface area (Å²) in [7, 11) is 0. The molecule has 1 saturated carbocycles. The van der Waals surface area contributed by atoms with E-state index in [9.17, 15) is 14.4 Å². The molecule has 1 aromatic rings. The predicted molar refractivity (Wildman–Crippen MR) is 81.6 cm³/mol. The molecule has 0 aromatic heterocycles. The summed E-state index contributed by atoms with van der Waals surface area (Å²) in [5.41, 5.74) is 1.83. The van der Waals surface area contributed by atoms with Crippen LogP contribution in [0.5, 0.6) is 0 Å². The molecule has 1 aliphatic heterocycles. The first-order valence-corrected chi connectivity index (χ1v) is 7.82. The van der Waals surface area contributed by atoms with Crippen LogP contribution >= 0.6 is 0 Å². The Morgan fingerprint density at radius 2 is 1.86 bits per heavy atom. The molecule has 22 heavy (non-hydrogen) atoms. The molecule has 116 valence electrons. The van der Waals surface area contributed by atoms with E-state index in [0.717, 1.165) is 31.2 Å². The van der Waals surface area contributed by atoms with Crippen molar-refractivity contribution in [2.45, 2.75) is 45.1 Å². The lowest BCUT2D eigenvalue weighted by Crippen LogP contribution is -2.37. The molecule has 1 heterocycles. The van der Waals surface area contributed by atoms with Gasteiger partial charge in [0.1, 0.15) is 0 Å². The van der Waals surface area contributed by atoms with Gasteiger partial charge >= 0.3 is 0 Å². The standard InChI is InChI=1S/C17H20N2O3/c1-11-6-7-13-14(10-11)17(22)19(16(13)21)9-8-15(20)18-12-4-2-3-5-12/h6-7,10,12H,2-5,8-9H2,1H3,(H,18,20). The SMILES string of the molecule is Cc1ccc2c(c1)C(=O)N(CCC(=O)NC1CCCC1)C2=O. The number of nitrogens with zero attached hydrogens (tertiary/aromatic N) is 1. The summed E-state index contributed by atoms with van der Waals surface area (Å²) in [5, 5.41) is 2.97. The molecule has 5 nitrogen and oxygen atoms in total. The monoisotopic (exact) mass is 300 g/mol. The van der Waals surface area contributed by atoms with Crippen molar-refractivity contribution in [3.05, 3.63) is 34.9 Å². The Balaban J connectivity index is 1.60. The summed E-state index contributed by atoms with van der Waals surface area (Å²) in [6.07, 6.45) is 4.53. The van der Waals surface area contributed by atoms with Crippen molar-refractivity contribution in [3.63, 3.8) is 0 Å². The zero-order valence-electron chi connectivity index (χ0n) is 12.7. The van der Waals surface area contributed by atoms with Crippen LogP contribution < -0.4 is 5.32 Å². The minimum Gasteiger partial charge on any atom is -0.353 e. The van der Waals surface area contributed by atoms with Crippen molar-refractivity contribution >= 4 is 17.7 Å². The van der Waals surface area contributed by atoms with E-state index in [0.29, 0.717) is 11.1 Å². The average molecular weight is 300 g/mol. The molecule has 0 radical (unpaired) electrons. The third-order valence-corrected chi connectivity index (χ3v) is 4.41. The maximum Gasteiger partial charge on any atom is 0.261 e. The quantitative estimate of drug-likeness (QED) is 0.865. The van der Waals surface area contributed by atoms with E-state index in [1.165, 1.54) is 4.90 Å². The third-order valence-electron chi connectivity index (χ3n) is 4.41. The Labute approximate surface area is 129 Å². The van der Waals surface area contributed by atoms with Crippen molar-refractivity contribution in [1.29, 1.82) is 0 Å². The van der Waals surface area contributed by atoms with Crippen LogP contribution in [0.1, 0.15) is 58.4 Å². The molecular formula is C17H20N2O3. The van der Waals surface area contributed by atoms with Gasteiger partial charge in [-0.1, -0.05) is 24.5 Å². The smallest absolute Gasteiger partial charge is 0.261 e. The first kappa shape index (κ1) is 14.8. The normalized spacial score (nSPS) is 18.0. The van der Waals surface area contributed by atoms with Crippen molar-refractivity contribution in [3.8, 4) is 0 Å². The van der Waals surface area contributed by atoms with E-state index in [2.05, 4.69) is 5.32 Å². The van der Waals surface area contributed by atoms with Crippen LogP contribution in [-0.2, 0) is 4.79 Å². The highest BCUT2D eigenvalue weighted by Crippen LogP contribution is 2.24. The highest BCUT2D eigenvalue weighted by molar-refractivity contribution is 6.21. The molecule has 0 bridgehead atoms. The Bertz CT molecular complexity index is 633. The number of imide groups is 1. The molecule has 3 amide bonds. The Kier molecular flexibility index (Phi) is 3.96. The first-order valence-electron chi connectivity index (χ1n) is 7.82. The van der Waals surface area contributed by atoms with E-state index in [4.69, 9.17) is 0 Å². The number of nitrogens with one attached hydrogen (secondary N) is 1. The molecule has 1 fully saturated rings. The number of benzene rings is 1. The second-order valence-electron chi connectivity index (χ2n) is 6.11. The van der Waals surface area contributed by atoms with Gasteiger partial charge in [-0.3, -0.25) is 19.3 Å². The van der Waals surface area contributed by atoms with E-state index in [1.54, 1.807) is 12.1 Å². The second kappa shape index (κ2) is 5.91. The lowest BCUT2D eigenvalue weighted by atomic mass is 10.1. The topological polar surface area (TPSA) is 66.5 Å². The molecule has 0 saturated heterocycles. The number of carbonyl (C=O) groups is 3. The number of fused-ring (bicyclic) bond motifs is 1. The minimum absolute atomic E-state index is 0.0837.